The Balaban J connectivity index is 1.71. The summed E-state index contributed by atoms with van der Waals surface area (Å²) in [6, 6.07) is 7.99. The van der Waals surface area contributed by atoms with E-state index in [9.17, 15) is 9.59 Å². The van der Waals surface area contributed by atoms with Gasteiger partial charge in [0.2, 0.25) is 0 Å². The highest BCUT2D eigenvalue weighted by molar-refractivity contribution is 5.72. The van der Waals surface area contributed by atoms with Gasteiger partial charge in [-0.25, -0.2) is 9.97 Å². The molecule has 0 aliphatic rings. The zero-order valence-electron chi connectivity index (χ0n) is 21.5. The molecule has 0 amide bonds. The summed E-state index contributed by atoms with van der Waals surface area (Å²) in [7, 11) is 0. The van der Waals surface area contributed by atoms with Crippen LogP contribution in [0.5, 0.6) is 5.75 Å². The molecule has 1 atom stereocenters. The van der Waals surface area contributed by atoms with Crippen LogP contribution in [0.25, 0.3) is 11.4 Å². The normalized spacial score (nSPS) is 12.0. The van der Waals surface area contributed by atoms with Gasteiger partial charge in [-0.05, 0) is 51.0 Å². The number of hydrogen-bond acceptors (Lipinski definition) is 6. The van der Waals surface area contributed by atoms with Crippen molar-refractivity contribution < 1.29 is 19.1 Å². The lowest BCUT2D eigenvalue weighted by Crippen LogP contribution is -2.14. The molecule has 1 aromatic carbocycles. The Kier molecular flexibility index (Phi) is 13.4. The van der Waals surface area contributed by atoms with Crippen LogP contribution in [0, 0.1) is 0 Å². The predicted octanol–water partition coefficient (Wildman–Crippen LogP) is 7.02. The maximum Gasteiger partial charge on any atom is 0.311 e. The molecule has 1 aromatic heterocycles. The van der Waals surface area contributed by atoms with Gasteiger partial charge in [0.25, 0.3) is 0 Å². The molecular weight excluding hydrogens is 440 g/mol. The monoisotopic (exact) mass is 480 g/mol. The average molecular weight is 481 g/mol. The molecule has 6 nitrogen and oxygen atoms in total. The molecule has 0 spiro atoms. The Morgan fingerprint density at radius 2 is 1.60 bits per heavy atom. The smallest absolute Gasteiger partial charge is 0.311 e. The number of hydrogen-bond donors (Lipinski definition) is 0. The number of aryl methyl sites for hydroxylation is 1. The summed E-state index contributed by atoms with van der Waals surface area (Å²) in [5.74, 6) is 0.504. The average Bonchev–Trinajstić information content (AvgIpc) is 2.87. The summed E-state index contributed by atoms with van der Waals surface area (Å²) in [4.78, 5) is 32.1. The van der Waals surface area contributed by atoms with Crippen LogP contribution in [0.1, 0.15) is 90.5 Å². The Labute approximate surface area is 210 Å². The van der Waals surface area contributed by atoms with Gasteiger partial charge >= 0.3 is 11.9 Å². The number of esters is 2. The van der Waals surface area contributed by atoms with Crippen molar-refractivity contribution in [2.75, 3.05) is 0 Å². The first-order valence-corrected chi connectivity index (χ1v) is 13.0. The zero-order chi connectivity index (χ0) is 25.3. The molecule has 0 bridgehead atoms. The molecule has 1 unspecified atom stereocenters. The SMILES string of the molecule is CCCCCCC=CCCCC(=O)Oc1cnc(-c2ccc(CCC(C)OC(=O)CC)cc2)nc1. The van der Waals surface area contributed by atoms with E-state index in [-0.39, 0.29) is 18.0 Å². The summed E-state index contributed by atoms with van der Waals surface area (Å²) in [6.07, 6.45) is 17.6. The Bertz CT molecular complexity index is 907. The van der Waals surface area contributed by atoms with E-state index in [1.165, 1.54) is 38.1 Å². The molecule has 2 rings (SSSR count). The summed E-state index contributed by atoms with van der Waals surface area (Å²) in [5.41, 5.74) is 2.05. The van der Waals surface area contributed by atoms with Gasteiger partial charge in [-0.1, -0.05) is 69.5 Å². The van der Waals surface area contributed by atoms with E-state index < -0.39 is 0 Å². The Morgan fingerprint density at radius 3 is 2.26 bits per heavy atom. The third-order valence-electron chi connectivity index (χ3n) is 5.68. The highest BCUT2D eigenvalue weighted by Crippen LogP contribution is 2.19. The van der Waals surface area contributed by atoms with Crippen molar-refractivity contribution in [2.45, 2.75) is 97.5 Å². The van der Waals surface area contributed by atoms with Gasteiger partial charge in [-0.2, -0.15) is 0 Å². The highest BCUT2D eigenvalue weighted by Gasteiger charge is 2.09. The summed E-state index contributed by atoms with van der Waals surface area (Å²) >= 11 is 0. The number of carbonyl (C=O) groups excluding carboxylic acids is 2. The minimum absolute atomic E-state index is 0.0995. The fraction of sp³-hybridized carbons (Fsp3) is 0.517. The summed E-state index contributed by atoms with van der Waals surface area (Å²) < 4.78 is 10.7. The lowest BCUT2D eigenvalue weighted by molar-refractivity contribution is -0.148. The molecule has 0 saturated carbocycles. The van der Waals surface area contributed by atoms with Crippen molar-refractivity contribution >= 4 is 11.9 Å². The second kappa shape index (κ2) is 16.6. The minimum atomic E-state index is -0.263. The lowest BCUT2D eigenvalue weighted by Gasteiger charge is -2.12. The van der Waals surface area contributed by atoms with Crippen molar-refractivity contribution in [3.05, 3.63) is 54.4 Å². The van der Waals surface area contributed by atoms with Crippen molar-refractivity contribution in [1.29, 1.82) is 0 Å². The molecule has 2 aromatic rings. The van der Waals surface area contributed by atoms with Gasteiger partial charge in [-0.15, -0.1) is 0 Å². The number of rotatable bonds is 16. The predicted molar refractivity (Wildman–Crippen MR) is 139 cm³/mol. The van der Waals surface area contributed by atoms with E-state index >= 15 is 0 Å². The largest absolute Gasteiger partial charge is 0.463 e. The quantitative estimate of drug-likeness (QED) is 0.146. The highest BCUT2D eigenvalue weighted by atomic mass is 16.5. The van der Waals surface area contributed by atoms with Crippen molar-refractivity contribution in [1.82, 2.24) is 9.97 Å². The molecular formula is C29H40N2O4. The van der Waals surface area contributed by atoms with E-state index in [4.69, 9.17) is 9.47 Å². The van der Waals surface area contributed by atoms with Crippen LogP contribution in [0.3, 0.4) is 0 Å². The lowest BCUT2D eigenvalue weighted by atomic mass is 10.1. The van der Waals surface area contributed by atoms with Crippen molar-refractivity contribution in [3.63, 3.8) is 0 Å². The Morgan fingerprint density at radius 1 is 0.914 bits per heavy atom. The van der Waals surface area contributed by atoms with Crippen LogP contribution in [0.15, 0.2) is 48.8 Å². The van der Waals surface area contributed by atoms with Gasteiger partial charge in [0, 0.05) is 18.4 Å². The molecule has 35 heavy (non-hydrogen) atoms. The molecule has 1 heterocycles. The second-order valence-electron chi connectivity index (χ2n) is 8.82. The third-order valence-corrected chi connectivity index (χ3v) is 5.68. The number of ether oxygens (including phenoxy) is 2. The van der Waals surface area contributed by atoms with Crippen LogP contribution in [0.2, 0.25) is 0 Å². The Hall–Kier alpha value is -3.02. The molecule has 0 saturated heterocycles. The molecule has 6 heteroatoms. The fourth-order valence-corrected chi connectivity index (χ4v) is 3.55. The van der Waals surface area contributed by atoms with E-state index in [1.807, 2.05) is 31.2 Å². The van der Waals surface area contributed by atoms with Crippen LogP contribution in [0.4, 0.5) is 0 Å². The van der Waals surface area contributed by atoms with Crippen LogP contribution in [-0.2, 0) is 20.7 Å². The second-order valence-corrected chi connectivity index (χ2v) is 8.82. The third kappa shape index (κ3) is 11.8. The number of unbranched alkanes of at least 4 members (excludes halogenated alkanes) is 5. The minimum Gasteiger partial charge on any atom is -0.463 e. The van der Waals surface area contributed by atoms with Gasteiger partial charge in [0.1, 0.15) is 0 Å². The summed E-state index contributed by atoms with van der Waals surface area (Å²) in [6.45, 7) is 5.93. The number of nitrogens with zero attached hydrogens (tertiary/aromatic N) is 2. The first-order chi connectivity index (χ1) is 17.0. The van der Waals surface area contributed by atoms with Gasteiger partial charge in [0.15, 0.2) is 11.6 Å². The number of allylic oxidation sites excluding steroid dienone is 2. The van der Waals surface area contributed by atoms with Gasteiger partial charge < -0.3 is 9.47 Å². The molecule has 0 fully saturated rings. The number of benzene rings is 1. The maximum atomic E-state index is 12.1. The number of carbonyl (C=O) groups is 2. The number of aromatic nitrogens is 2. The summed E-state index contributed by atoms with van der Waals surface area (Å²) in [5, 5.41) is 0. The van der Waals surface area contributed by atoms with Crippen LogP contribution in [-0.4, -0.2) is 28.0 Å². The molecule has 0 aliphatic carbocycles. The molecule has 190 valence electrons. The van der Waals surface area contributed by atoms with Crippen LogP contribution < -0.4 is 4.74 Å². The molecule has 0 aliphatic heterocycles. The van der Waals surface area contributed by atoms with Crippen molar-refractivity contribution in [3.8, 4) is 17.1 Å². The standard InChI is InChI=1S/C29H40N2O4/c1-4-6-7-8-9-10-11-12-13-14-28(33)35-26-21-30-29(31-22-26)25-19-17-24(18-20-25)16-15-23(3)34-27(32)5-2/h10-11,17-23H,4-9,12-16H2,1-3H3. The topological polar surface area (TPSA) is 78.4 Å². The maximum absolute atomic E-state index is 12.1. The van der Waals surface area contributed by atoms with Crippen LogP contribution >= 0.6 is 0 Å². The van der Waals surface area contributed by atoms with E-state index in [0.717, 1.165) is 43.2 Å². The van der Waals surface area contributed by atoms with Gasteiger partial charge in [0.05, 0.1) is 18.5 Å². The van der Waals surface area contributed by atoms with E-state index in [2.05, 4.69) is 29.0 Å². The molecule has 0 radical (unpaired) electrons. The zero-order valence-corrected chi connectivity index (χ0v) is 21.5. The van der Waals surface area contributed by atoms with E-state index in [1.54, 1.807) is 6.92 Å². The van der Waals surface area contributed by atoms with Gasteiger partial charge in [-0.3, -0.25) is 9.59 Å². The van der Waals surface area contributed by atoms with Crippen molar-refractivity contribution in [2.24, 2.45) is 0 Å². The fourth-order valence-electron chi connectivity index (χ4n) is 3.55. The molecule has 0 N–H and O–H groups in total. The first kappa shape index (κ1) is 28.2. The first-order valence-electron chi connectivity index (χ1n) is 13.0. The van der Waals surface area contributed by atoms with E-state index in [0.29, 0.717) is 24.4 Å².